The number of hydrogen-bond acceptors (Lipinski definition) is 2. The summed E-state index contributed by atoms with van der Waals surface area (Å²) in [5.74, 6) is 0. The van der Waals surface area contributed by atoms with Crippen molar-refractivity contribution in [2.75, 3.05) is 13.2 Å². The molecule has 1 N–H and O–H groups in total. The van der Waals surface area contributed by atoms with Crippen LogP contribution in [0, 0.1) is 0 Å². The third-order valence-corrected chi connectivity index (χ3v) is 2.53. The molecule has 0 radical (unpaired) electrons. The number of nitrogens with one attached hydrogen (secondary N) is 1. The van der Waals surface area contributed by atoms with Gasteiger partial charge in [-0.1, -0.05) is 19.4 Å². The van der Waals surface area contributed by atoms with Crippen LogP contribution in [0.15, 0.2) is 12.7 Å². The molecule has 0 saturated carbocycles. The highest BCUT2D eigenvalue weighted by atomic mass is 16.5. The Morgan fingerprint density at radius 1 is 1.62 bits per heavy atom. The van der Waals surface area contributed by atoms with Crippen LogP contribution < -0.4 is 5.32 Å². The molecular weight excluding hydrogens is 162 g/mol. The highest BCUT2D eigenvalue weighted by molar-refractivity contribution is 4.80. The van der Waals surface area contributed by atoms with E-state index in [9.17, 15) is 0 Å². The van der Waals surface area contributed by atoms with Crippen LogP contribution in [0.1, 0.15) is 32.6 Å². The van der Waals surface area contributed by atoms with Crippen molar-refractivity contribution in [3.8, 4) is 0 Å². The predicted molar refractivity (Wildman–Crippen MR) is 55.9 cm³/mol. The largest absolute Gasteiger partial charge is 0.378 e. The Kier molecular flexibility index (Phi) is 5.09. The summed E-state index contributed by atoms with van der Waals surface area (Å²) < 4.78 is 5.66. The second-order valence-electron chi connectivity index (χ2n) is 3.70. The van der Waals surface area contributed by atoms with Gasteiger partial charge in [-0.05, 0) is 19.3 Å². The predicted octanol–water partition coefficient (Wildman–Crippen LogP) is 2.11. The highest BCUT2D eigenvalue weighted by Crippen LogP contribution is 2.17. The minimum Gasteiger partial charge on any atom is -0.378 e. The maximum absolute atomic E-state index is 5.66. The fourth-order valence-electron chi connectivity index (χ4n) is 1.84. The molecule has 2 nitrogen and oxygen atoms in total. The molecule has 0 aromatic carbocycles. The van der Waals surface area contributed by atoms with Crippen LogP contribution >= 0.6 is 0 Å². The summed E-state index contributed by atoms with van der Waals surface area (Å²) in [6.07, 6.45) is 7.14. The van der Waals surface area contributed by atoms with Gasteiger partial charge >= 0.3 is 0 Å². The smallest absolute Gasteiger partial charge is 0.0589 e. The highest BCUT2D eigenvalue weighted by Gasteiger charge is 2.20. The summed E-state index contributed by atoms with van der Waals surface area (Å²) >= 11 is 0. The average Bonchev–Trinajstić information content (AvgIpc) is 2.16. The van der Waals surface area contributed by atoms with E-state index in [4.69, 9.17) is 4.74 Å². The van der Waals surface area contributed by atoms with Crippen LogP contribution in [0.5, 0.6) is 0 Å². The van der Waals surface area contributed by atoms with Crippen molar-refractivity contribution < 1.29 is 4.74 Å². The third-order valence-electron chi connectivity index (χ3n) is 2.53. The van der Waals surface area contributed by atoms with Crippen molar-refractivity contribution in [1.29, 1.82) is 0 Å². The standard InChI is InChI=1S/C11H21NO/c1-3-5-11-9-10(6-8-13-11)12-7-4-2/h4,10-12H,2-3,5-9H2,1H3. The Morgan fingerprint density at radius 2 is 2.46 bits per heavy atom. The fraction of sp³-hybridized carbons (Fsp3) is 0.818. The third kappa shape index (κ3) is 3.92. The first kappa shape index (κ1) is 10.7. The first-order chi connectivity index (χ1) is 6.36. The van der Waals surface area contributed by atoms with E-state index in [1.165, 1.54) is 19.3 Å². The summed E-state index contributed by atoms with van der Waals surface area (Å²) in [6.45, 7) is 7.76. The van der Waals surface area contributed by atoms with E-state index < -0.39 is 0 Å². The van der Waals surface area contributed by atoms with Crippen LogP contribution in [0.4, 0.5) is 0 Å². The second-order valence-corrected chi connectivity index (χ2v) is 3.70. The molecule has 1 fully saturated rings. The Morgan fingerprint density at radius 3 is 3.15 bits per heavy atom. The molecule has 13 heavy (non-hydrogen) atoms. The Balaban J connectivity index is 2.20. The van der Waals surface area contributed by atoms with Gasteiger partial charge in [-0.25, -0.2) is 0 Å². The van der Waals surface area contributed by atoms with Gasteiger partial charge in [0.1, 0.15) is 0 Å². The molecular formula is C11H21NO. The Labute approximate surface area is 81.4 Å². The lowest BCUT2D eigenvalue weighted by Gasteiger charge is -2.29. The molecule has 2 atom stereocenters. The van der Waals surface area contributed by atoms with Crippen molar-refractivity contribution in [3.05, 3.63) is 12.7 Å². The molecule has 0 aliphatic carbocycles. The van der Waals surface area contributed by atoms with Gasteiger partial charge in [-0.15, -0.1) is 6.58 Å². The molecule has 2 heteroatoms. The van der Waals surface area contributed by atoms with Crippen molar-refractivity contribution in [2.45, 2.75) is 44.8 Å². The van der Waals surface area contributed by atoms with Gasteiger partial charge in [0.15, 0.2) is 0 Å². The van der Waals surface area contributed by atoms with Gasteiger partial charge in [-0.3, -0.25) is 0 Å². The normalized spacial score (nSPS) is 28.7. The van der Waals surface area contributed by atoms with Crippen molar-refractivity contribution >= 4 is 0 Å². The zero-order valence-corrected chi connectivity index (χ0v) is 8.59. The zero-order chi connectivity index (χ0) is 9.52. The van der Waals surface area contributed by atoms with Gasteiger partial charge in [0.25, 0.3) is 0 Å². The van der Waals surface area contributed by atoms with Gasteiger partial charge in [0.05, 0.1) is 6.10 Å². The molecule has 0 aromatic heterocycles. The lowest BCUT2D eigenvalue weighted by molar-refractivity contribution is -0.00255. The van der Waals surface area contributed by atoms with Gasteiger partial charge in [0, 0.05) is 19.2 Å². The number of hydrogen-bond donors (Lipinski definition) is 1. The van der Waals surface area contributed by atoms with Crippen LogP contribution in [0.2, 0.25) is 0 Å². The zero-order valence-electron chi connectivity index (χ0n) is 8.59. The lowest BCUT2D eigenvalue weighted by Crippen LogP contribution is -2.38. The number of rotatable bonds is 5. The van der Waals surface area contributed by atoms with Gasteiger partial charge in [-0.2, -0.15) is 0 Å². The molecule has 0 bridgehead atoms. The number of ether oxygens (including phenoxy) is 1. The maximum Gasteiger partial charge on any atom is 0.0589 e. The van der Waals surface area contributed by atoms with Crippen molar-refractivity contribution in [3.63, 3.8) is 0 Å². The second kappa shape index (κ2) is 6.17. The van der Waals surface area contributed by atoms with E-state index in [0.717, 1.165) is 19.6 Å². The van der Waals surface area contributed by atoms with E-state index in [2.05, 4.69) is 18.8 Å². The Hall–Kier alpha value is -0.340. The van der Waals surface area contributed by atoms with Crippen molar-refractivity contribution in [2.24, 2.45) is 0 Å². The lowest BCUT2D eigenvalue weighted by atomic mass is 10.0. The summed E-state index contributed by atoms with van der Waals surface area (Å²) in [4.78, 5) is 0. The van der Waals surface area contributed by atoms with Gasteiger partial charge in [0.2, 0.25) is 0 Å². The van der Waals surface area contributed by atoms with Crippen LogP contribution in [0.3, 0.4) is 0 Å². The average molecular weight is 183 g/mol. The summed E-state index contributed by atoms with van der Waals surface area (Å²) in [6, 6.07) is 0.642. The van der Waals surface area contributed by atoms with Crippen molar-refractivity contribution in [1.82, 2.24) is 5.32 Å². The summed E-state index contributed by atoms with van der Waals surface area (Å²) in [7, 11) is 0. The van der Waals surface area contributed by atoms with E-state index in [1.54, 1.807) is 0 Å². The first-order valence-electron chi connectivity index (χ1n) is 5.32. The Bertz CT molecular complexity index is 145. The molecule has 0 amide bonds. The van der Waals surface area contributed by atoms with E-state index in [0.29, 0.717) is 12.1 Å². The molecule has 1 heterocycles. The minimum atomic E-state index is 0.487. The maximum atomic E-state index is 5.66. The molecule has 1 aliphatic heterocycles. The van der Waals surface area contributed by atoms with Crippen LogP contribution in [-0.2, 0) is 4.74 Å². The minimum absolute atomic E-state index is 0.487. The van der Waals surface area contributed by atoms with E-state index in [-0.39, 0.29) is 0 Å². The molecule has 1 rings (SSSR count). The van der Waals surface area contributed by atoms with Gasteiger partial charge < -0.3 is 10.1 Å². The monoisotopic (exact) mass is 183 g/mol. The molecule has 0 aromatic rings. The summed E-state index contributed by atoms with van der Waals surface area (Å²) in [5, 5.41) is 3.46. The molecule has 0 spiro atoms. The molecule has 1 aliphatic rings. The SMILES string of the molecule is C=CCNC1CCOC(CCC)C1. The quantitative estimate of drug-likeness (QED) is 0.659. The van der Waals surface area contributed by atoms with E-state index >= 15 is 0 Å². The molecule has 1 saturated heterocycles. The molecule has 76 valence electrons. The topological polar surface area (TPSA) is 21.3 Å². The van der Waals surface area contributed by atoms with Crippen LogP contribution in [-0.4, -0.2) is 25.3 Å². The fourth-order valence-corrected chi connectivity index (χ4v) is 1.84. The van der Waals surface area contributed by atoms with Crippen LogP contribution in [0.25, 0.3) is 0 Å². The van der Waals surface area contributed by atoms with E-state index in [1.807, 2.05) is 6.08 Å². The molecule has 2 unspecified atom stereocenters. The first-order valence-corrected chi connectivity index (χ1v) is 5.32. The summed E-state index contributed by atoms with van der Waals surface area (Å²) in [5.41, 5.74) is 0.